The number of fused-ring (bicyclic) bond motifs is 1. The Kier molecular flexibility index (Phi) is 9.98. The molecule has 0 aliphatic heterocycles. The normalized spacial score (nSPS) is 11.3. The molecule has 0 aromatic carbocycles. The molecule has 0 radical (unpaired) electrons. The van der Waals surface area contributed by atoms with Crippen molar-refractivity contribution in [2.45, 2.75) is 0 Å². The topological polar surface area (TPSA) is 65.1 Å². The van der Waals surface area contributed by atoms with E-state index in [1.54, 1.807) is 14.2 Å². The quantitative estimate of drug-likeness (QED) is 0.414. The largest absolute Gasteiger partial charge is 0.456 e. The van der Waals surface area contributed by atoms with E-state index in [0.29, 0.717) is 15.9 Å². The van der Waals surface area contributed by atoms with Gasteiger partial charge in [0.05, 0.1) is 23.8 Å². The molecule has 0 unspecified atom stereocenters. The highest BCUT2D eigenvalue weighted by Crippen LogP contribution is 2.27. The zero-order chi connectivity index (χ0) is 18.8. The molecule has 0 spiro atoms. The molecule has 146 valence electrons. The van der Waals surface area contributed by atoms with E-state index in [1.165, 1.54) is 12.3 Å². The summed E-state index contributed by atoms with van der Waals surface area (Å²) in [5, 5.41) is 0. The Balaban J connectivity index is 2.05. The van der Waals surface area contributed by atoms with Crippen LogP contribution < -0.4 is 10.3 Å². The summed E-state index contributed by atoms with van der Waals surface area (Å²) >= 11 is 7.01. The Morgan fingerprint density at radius 1 is 1.04 bits per heavy atom. The van der Waals surface area contributed by atoms with E-state index < -0.39 is 0 Å². The van der Waals surface area contributed by atoms with Gasteiger partial charge in [0.2, 0.25) is 11.0 Å². The molecule has 0 aliphatic carbocycles. The molecule has 0 N–H and O–H groups in total. The second-order valence-corrected chi connectivity index (χ2v) is 8.69. The molecule has 0 saturated heterocycles. The summed E-state index contributed by atoms with van der Waals surface area (Å²) < 4.78 is 22.0. The lowest BCUT2D eigenvalue weighted by atomic mass is 10.4. The van der Waals surface area contributed by atoms with Crippen molar-refractivity contribution in [3.8, 4) is 0 Å². The van der Waals surface area contributed by atoms with Crippen LogP contribution in [0.1, 0.15) is 0 Å². The van der Waals surface area contributed by atoms with E-state index in [9.17, 15) is 4.79 Å². The predicted molar refractivity (Wildman–Crippen MR) is 113 cm³/mol. The van der Waals surface area contributed by atoms with Crippen LogP contribution in [0.25, 0.3) is 11.2 Å². The summed E-state index contributed by atoms with van der Waals surface area (Å²) in [5.74, 6) is 4.33. The van der Waals surface area contributed by atoms with Crippen molar-refractivity contribution >= 4 is 56.5 Å². The average molecular weight is 466 g/mol. The lowest BCUT2D eigenvalue weighted by Gasteiger charge is -2.22. The summed E-state index contributed by atoms with van der Waals surface area (Å²) in [6.07, 6.45) is 1.48. The number of ether oxygens (including phenoxy) is 2. The number of hydrogen-bond donors (Lipinski definition) is 0. The number of anilines is 1. The Morgan fingerprint density at radius 2 is 1.65 bits per heavy atom. The van der Waals surface area contributed by atoms with Crippen LogP contribution in [0.2, 0.25) is 0 Å². The fourth-order valence-corrected chi connectivity index (χ4v) is 4.26. The molecule has 0 bridgehead atoms. The number of hydrogen-bond acceptors (Lipinski definition) is 8. The molecule has 2 aromatic heterocycles. The number of furan rings is 1. The second kappa shape index (κ2) is 12.0. The van der Waals surface area contributed by atoms with Crippen molar-refractivity contribution in [1.29, 1.82) is 0 Å². The summed E-state index contributed by atoms with van der Waals surface area (Å²) in [6, 6.07) is 1.51. The average Bonchev–Trinajstić information content (AvgIpc) is 3.01. The Labute approximate surface area is 170 Å². The van der Waals surface area contributed by atoms with Gasteiger partial charge in [-0.2, -0.15) is 23.5 Å². The molecule has 2 aromatic rings. The fourth-order valence-electron chi connectivity index (χ4n) is 2.23. The van der Waals surface area contributed by atoms with E-state index in [-0.39, 0.29) is 11.0 Å². The predicted octanol–water partition coefficient (Wildman–Crippen LogP) is 3.71. The Bertz CT molecular complexity index is 707. The molecule has 0 amide bonds. The third-order valence-electron chi connectivity index (χ3n) is 3.57. The van der Waals surface area contributed by atoms with Crippen molar-refractivity contribution in [2.75, 3.05) is 68.4 Å². The lowest BCUT2D eigenvalue weighted by Crippen LogP contribution is -2.29. The van der Waals surface area contributed by atoms with Crippen molar-refractivity contribution in [2.24, 2.45) is 0 Å². The molecular weight excluding hydrogens is 442 g/mol. The third-order valence-corrected chi connectivity index (χ3v) is 5.97. The van der Waals surface area contributed by atoms with Crippen LogP contribution in [-0.4, -0.2) is 63.5 Å². The summed E-state index contributed by atoms with van der Waals surface area (Å²) in [7, 11) is 3.41. The first-order valence-electron chi connectivity index (χ1n) is 8.26. The third kappa shape index (κ3) is 6.53. The molecule has 0 aliphatic rings. The lowest BCUT2D eigenvalue weighted by molar-refractivity contribution is 0.218. The molecule has 2 rings (SSSR count). The second-order valence-electron chi connectivity index (χ2n) is 5.39. The fraction of sp³-hybridized carbons (Fsp3) is 0.588. The molecule has 2 heterocycles. The molecule has 0 saturated carbocycles. The summed E-state index contributed by atoms with van der Waals surface area (Å²) in [5.41, 5.74) is 0.525. The number of nitrogens with zero attached hydrogens (tertiary/aromatic N) is 1. The first-order valence-corrected chi connectivity index (χ1v) is 11.4. The van der Waals surface area contributed by atoms with Crippen LogP contribution in [0.15, 0.2) is 30.4 Å². The minimum atomic E-state index is -0.170. The van der Waals surface area contributed by atoms with Gasteiger partial charge in [0.1, 0.15) is 6.26 Å². The first kappa shape index (κ1) is 21.7. The highest BCUT2D eigenvalue weighted by Gasteiger charge is 2.16. The number of halogens is 1. The molecule has 9 heteroatoms. The number of rotatable bonds is 13. The van der Waals surface area contributed by atoms with Gasteiger partial charge in [0, 0.05) is 50.3 Å². The van der Waals surface area contributed by atoms with E-state index in [2.05, 4.69) is 20.8 Å². The van der Waals surface area contributed by atoms with Gasteiger partial charge in [0.15, 0.2) is 11.5 Å². The maximum atomic E-state index is 12.3. The van der Waals surface area contributed by atoms with Gasteiger partial charge in [-0.25, -0.2) is 0 Å². The van der Waals surface area contributed by atoms with Crippen molar-refractivity contribution in [1.82, 2.24) is 0 Å². The van der Waals surface area contributed by atoms with Gasteiger partial charge in [-0.15, -0.1) is 0 Å². The first-order chi connectivity index (χ1) is 12.7. The number of thioether (sulfide) groups is 2. The van der Waals surface area contributed by atoms with E-state index in [0.717, 1.165) is 49.3 Å². The van der Waals surface area contributed by atoms with Crippen LogP contribution in [0.3, 0.4) is 0 Å². The van der Waals surface area contributed by atoms with E-state index >= 15 is 0 Å². The summed E-state index contributed by atoms with van der Waals surface area (Å²) in [6.45, 7) is 3.06. The molecule has 26 heavy (non-hydrogen) atoms. The number of methoxy groups -OCH3 is 2. The van der Waals surface area contributed by atoms with Crippen LogP contribution in [-0.2, 0) is 9.47 Å². The van der Waals surface area contributed by atoms with Gasteiger partial charge in [-0.05, 0) is 15.9 Å². The van der Waals surface area contributed by atoms with Crippen molar-refractivity contribution in [3.05, 3.63) is 27.0 Å². The molecule has 0 atom stereocenters. The van der Waals surface area contributed by atoms with Gasteiger partial charge >= 0.3 is 0 Å². The smallest absolute Gasteiger partial charge is 0.230 e. The Hall–Kier alpha value is -0.610. The van der Waals surface area contributed by atoms with Gasteiger partial charge in [-0.3, -0.25) is 4.79 Å². The minimum Gasteiger partial charge on any atom is -0.456 e. The van der Waals surface area contributed by atoms with Crippen LogP contribution in [0, 0.1) is 0 Å². The van der Waals surface area contributed by atoms with Crippen LogP contribution in [0.4, 0.5) is 5.88 Å². The minimum absolute atomic E-state index is 0.170. The van der Waals surface area contributed by atoms with Gasteiger partial charge < -0.3 is 23.2 Å². The zero-order valence-electron chi connectivity index (χ0n) is 15.0. The van der Waals surface area contributed by atoms with Gasteiger partial charge in [-0.1, -0.05) is 0 Å². The maximum Gasteiger partial charge on any atom is 0.230 e. The molecule has 0 fully saturated rings. The van der Waals surface area contributed by atoms with E-state index in [1.807, 2.05) is 23.5 Å². The van der Waals surface area contributed by atoms with Crippen LogP contribution >= 0.6 is 39.5 Å². The zero-order valence-corrected chi connectivity index (χ0v) is 18.2. The van der Waals surface area contributed by atoms with Crippen molar-refractivity contribution in [3.63, 3.8) is 0 Å². The monoisotopic (exact) mass is 465 g/mol. The standard InChI is InChI=1S/C17H24BrNO5S2/c1-21-5-9-25-7-3-19(4-8-26-10-6-22-2)15-11-14(20)17-16(24-15)13(18)12-23-17/h11-12H,3-10H2,1-2H3. The Morgan fingerprint density at radius 3 is 2.23 bits per heavy atom. The molecule has 6 nitrogen and oxygen atoms in total. The highest BCUT2D eigenvalue weighted by atomic mass is 79.9. The van der Waals surface area contributed by atoms with Crippen LogP contribution in [0.5, 0.6) is 0 Å². The maximum absolute atomic E-state index is 12.3. The van der Waals surface area contributed by atoms with E-state index in [4.69, 9.17) is 18.3 Å². The summed E-state index contributed by atoms with van der Waals surface area (Å²) in [4.78, 5) is 14.4. The molecular formula is C17H24BrNO5S2. The SMILES string of the molecule is COCCSCCN(CCSCCOC)c1cc(=O)c2occ(Br)c2o1. The van der Waals surface area contributed by atoms with Crippen molar-refractivity contribution < 1.29 is 18.3 Å². The highest BCUT2D eigenvalue weighted by molar-refractivity contribution is 9.10. The van der Waals surface area contributed by atoms with Gasteiger partial charge in [0.25, 0.3) is 0 Å².